The molecule has 4 nitrogen and oxygen atoms in total. The minimum Gasteiger partial charge on any atom is -0.330 e. The first-order valence-electron chi connectivity index (χ1n) is 4.31. The van der Waals surface area contributed by atoms with Crippen molar-refractivity contribution in [2.75, 3.05) is 6.54 Å². The fourth-order valence-electron chi connectivity index (χ4n) is 1.08. The quantitative estimate of drug-likeness (QED) is 0.788. The van der Waals surface area contributed by atoms with Crippen LogP contribution in [0, 0.1) is 0 Å². The Morgan fingerprint density at radius 3 is 2.67 bits per heavy atom. The van der Waals surface area contributed by atoms with Crippen LogP contribution in [0.3, 0.4) is 0 Å². The van der Waals surface area contributed by atoms with E-state index in [4.69, 9.17) is 5.73 Å². The molecule has 0 aliphatic rings. The number of nitrogens with one attached hydrogen (secondary N) is 1. The lowest BCUT2D eigenvalue weighted by molar-refractivity contribution is -0.141. The molecule has 1 aromatic heterocycles. The number of H-pyrrole nitrogens is 1. The van der Waals surface area contributed by atoms with E-state index in [-0.39, 0.29) is 5.69 Å². The summed E-state index contributed by atoms with van der Waals surface area (Å²) in [5.41, 5.74) is 3.25. The summed E-state index contributed by atoms with van der Waals surface area (Å²) in [6.07, 6.45) is -3.78. The lowest BCUT2D eigenvalue weighted by Gasteiger charge is -2.06. The fourth-order valence-corrected chi connectivity index (χ4v) is 1.08. The predicted octanol–water partition coefficient (Wildman–Crippen LogP) is 0.680. The zero-order valence-electron chi connectivity index (χ0n) is 7.77. The zero-order valence-corrected chi connectivity index (χ0v) is 7.77. The van der Waals surface area contributed by atoms with Crippen molar-refractivity contribution in [3.8, 4) is 0 Å². The fraction of sp³-hybridized carbons (Fsp3) is 0.500. The Balaban J connectivity index is 3.01. The Hall–Kier alpha value is -1.37. The molecule has 84 valence electrons. The first-order chi connectivity index (χ1) is 6.93. The standard InChI is InChI=1S/C8H10F3N3O/c9-8(10,11)6-4-5(2-1-3-12)13-7(15)14-6/h4H,1-3,12H2,(H,13,14,15). The number of rotatable bonds is 3. The third-order valence-corrected chi connectivity index (χ3v) is 1.74. The average Bonchev–Trinajstić information content (AvgIpc) is 2.12. The van der Waals surface area contributed by atoms with Crippen LogP contribution in [-0.4, -0.2) is 16.5 Å². The summed E-state index contributed by atoms with van der Waals surface area (Å²) in [6, 6.07) is 0.830. The second kappa shape index (κ2) is 4.43. The number of hydrogen-bond acceptors (Lipinski definition) is 3. The molecule has 0 saturated carbocycles. The third-order valence-electron chi connectivity index (χ3n) is 1.74. The zero-order chi connectivity index (χ0) is 11.5. The molecule has 0 atom stereocenters. The highest BCUT2D eigenvalue weighted by molar-refractivity contribution is 5.11. The molecule has 0 spiro atoms. The van der Waals surface area contributed by atoms with E-state index in [1.807, 2.05) is 0 Å². The summed E-state index contributed by atoms with van der Waals surface area (Å²) < 4.78 is 36.7. The summed E-state index contributed by atoms with van der Waals surface area (Å²) in [7, 11) is 0. The smallest absolute Gasteiger partial charge is 0.330 e. The lowest BCUT2D eigenvalue weighted by Crippen LogP contribution is -2.20. The Labute approximate surface area is 83.3 Å². The maximum atomic E-state index is 12.2. The molecule has 0 saturated heterocycles. The molecular weight excluding hydrogens is 211 g/mol. The van der Waals surface area contributed by atoms with E-state index in [2.05, 4.69) is 9.97 Å². The van der Waals surface area contributed by atoms with Gasteiger partial charge in [0.05, 0.1) is 0 Å². The largest absolute Gasteiger partial charge is 0.433 e. The van der Waals surface area contributed by atoms with Crippen LogP contribution >= 0.6 is 0 Å². The molecule has 0 radical (unpaired) electrons. The number of aromatic nitrogens is 2. The molecule has 3 N–H and O–H groups in total. The molecule has 0 aromatic carbocycles. The molecule has 0 aliphatic carbocycles. The normalized spacial score (nSPS) is 11.7. The van der Waals surface area contributed by atoms with Gasteiger partial charge in [-0.1, -0.05) is 0 Å². The van der Waals surface area contributed by atoms with Gasteiger partial charge in [-0.05, 0) is 25.5 Å². The van der Waals surface area contributed by atoms with Gasteiger partial charge in [-0.15, -0.1) is 0 Å². The SMILES string of the molecule is NCCCc1cc(C(F)(F)F)nc(=O)[nH]1. The topological polar surface area (TPSA) is 71.8 Å². The first kappa shape index (κ1) is 11.7. The number of aromatic amines is 1. The molecular formula is C8H10F3N3O. The van der Waals surface area contributed by atoms with Crippen LogP contribution < -0.4 is 11.4 Å². The van der Waals surface area contributed by atoms with E-state index in [9.17, 15) is 18.0 Å². The lowest BCUT2D eigenvalue weighted by atomic mass is 10.2. The number of aryl methyl sites for hydroxylation is 1. The summed E-state index contributed by atoms with van der Waals surface area (Å²) in [4.78, 5) is 15.9. The third kappa shape index (κ3) is 3.35. The predicted molar refractivity (Wildman–Crippen MR) is 47.2 cm³/mol. The van der Waals surface area contributed by atoms with Crippen LogP contribution in [0.25, 0.3) is 0 Å². The van der Waals surface area contributed by atoms with Gasteiger partial charge in [0, 0.05) is 5.69 Å². The van der Waals surface area contributed by atoms with Crippen molar-refractivity contribution < 1.29 is 13.2 Å². The van der Waals surface area contributed by atoms with Gasteiger partial charge in [0.2, 0.25) is 0 Å². The van der Waals surface area contributed by atoms with Gasteiger partial charge in [0.15, 0.2) is 5.69 Å². The highest BCUT2D eigenvalue weighted by Crippen LogP contribution is 2.26. The van der Waals surface area contributed by atoms with Gasteiger partial charge in [-0.2, -0.15) is 18.2 Å². The first-order valence-corrected chi connectivity index (χ1v) is 4.31. The Kier molecular flexibility index (Phi) is 3.46. The van der Waals surface area contributed by atoms with Crippen molar-refractivity contribution in [3.05, 3.63) is 27.9 Å². The van der Waals surface area contributed by atoms with E-state index >= 15 is 0 Å². The van der Waals surface area contributed by atoms with E-state index in [0.717, 1.165) is 6.07 Å². The molecule has 0 bridgehead atoms. The second-order valence-corrected chi connectivity index (χ2v) is 2.99. The molecule has 0 fully saturated rings. The number of hydrogen-bond donors (Lipinski definition) is 2. The van der Waals surface area contributed by atoms with Crippen molar-refractivity contribution in [3.63, 3.8) is 0 Å². The van der Waals surface area contributed by atoms with Gasteiger partial charge < -0.3 is 10.7 Å². The van der Waals surface area contributed by atoms with Gasteiger partial charge >= 0.3 is 11.9 Å². The molecule has 1 aromatic rings. The van der Waals surface area contributed by atoms with Gasteiger partial charge in [-0.3, -0.25) is 0 Å². The number of nitrogens with two attached hydrogens (primary N) is 1. The Morgan fingerprint density at radius 2 is 2.13 bits per heavy atom. The molecule has 0 unspecified atom stereocenters. The van der Waals surface area contributed by atoms with E-state index in [1.54, 1.807) is 0 Å². The van der Waals surface area contributed by atoms with Crippen molar-refractivity contribution in [1.82, 2.24) is 9.97 Å². The van der Waals surface area contributed by atoms with Gasteiger partial charge in [-0.25, -0.2) is 4.79 Å². The highest BCUT2D eigenvalue weighted by atomic mass is 19.4. The van der Waals surface area contributed by atoms with Crippen molar-refractivity contribution in [1.29, 1.82) is 0 Å². The van der Waals surface area contributed by atoms with E-state index in [1.165, 1.54) is 0 Å². The van der Waals surface area contributed by atoms with Crippen LogP contribution in [-0.2, 0) is 12.6 Å². The van der Waals surface area contributed by atoms with Crippen LogP contribution in [0.1, 0.15) is 17.8 Å². The monoisotopic (exact) mass is 221 g/mol. The van der Waals surface area contributed by atoms with E-state index < -0.39 is 17.6 Å². The molecule has 15 heavy (non-hydrogen) atoms. The minimum absolute atomic E-state index is 0.202. The van der Waals surface area contributed by atoms with Crippen LogP contribution in [0.15, 0.2) is 10.9 Å². The average molecular weight is 221 g/mol. The number of alkyl halides is 3. The molecule has 0 amide bonds. The summed E-state index contributed by atoms with van der Waals surface area (Å²) >= 11 is 0. The van der Waals surface area contributed by atoms with Gasteiger partial charge in [0.25, 0.3) is 0 Å². The van der Waals surface area contributed by atoms with Crippen LogP contribution in [0.2, 0.25) is 0 Å². The molecule has 0 aliphatic heterocycles. The molecule has 1 heterocycles. The molecule has 7 heteroatoms. The van der Waals surface area contributed by atoms with Crippen LogP contribution in [0.4, 0.5) is 13.2 Å². The Morgan fingerprint density at radius 1 is 1.47 bits per heavy atom. The summed E-state index contributed by atoms with van der Waals surface area (Å²) in [5.74, 6) is 0. The van der Waals surface area contributed by atoms with Gasteiger partial charge in [0.1, 0.15) is 0 Å². The maximum absolute atomic E-state index is 12.2. The minimum atomic E-state index is -4.59. The van der Waals surface area contributed by atoms with Crippen molar-refractivity contribution >= 4 is 0 Å². The Bertz CT molecular complexity index is 385. The van der Waals surface area contributed by atoms with Crippen molar-refractivity contribution in [2.45, 2.75) is 19.0 Å². The van der Waals surface area contributed by atoms with Crippen LogP contribution in [0.5, 0.6) is 0 Å². The maximum Gasteiger partial charge on any atom is 0.433 e. The molecule has 1 rings (SSSR count). The van der Waals surface area contributed by atoms with Crippen molar-refractivity contribution in [2.24, 2.45) is 5.73 Å². The number of halogens is 3. The highest BCUT2D eigenvalue weighted by Gasteiger charge is 2.33. The number of nitrogens with zero attached hydrogens (tertiary/aromatic N) is 1. The summed E-state index contributed by atoms with van der Waals surface area (Å²) in [5, 5.41) is 0. The second-order valence-electron chi connectivity index (χ2n) is 2.99. The summed E-state index contributed by atoms with van der Waals surface area (Å²) in [6.45, 7) is 0.353. The van der Waals surface area contributed by atoms with E-state index in [0.29, 0.717) is 19.4 Å².